The van der Waals surface area contributed by atoms with Gasteiger partial charge in [0.15, 0.2) is 5.69 Å². The lowest BCUT2D eigenvalue weighted by Gasteiger charge is -2.51. The molecule has 1 aromatic heterocycles. The zero-order valence-electron chi connectivity index (χ0n) is 12.6. The molecule has 112 valence electrons. The predicted molar refractivity (Wildman–Crippen MR) is 77.4 cm³/mol. The van der Waals surface area contributed by atoms with E-state index in [4.69, 9.17) is 10.5 Å². The topological polar surface area (TPSA) is 93.0 Å². The van der Waals surface area contributed by atoms with Crippen LogP contribution in [0.5, 0.6) is 0 Å². The minimum atomic E-state index is -0.216. The number of rotatable bonds is 5. The Morgan fingerprint density at radius 3 is 2.75 bits per heavy atom. The molecule has 1 aliphatic carbocycles. The highest BCUT2D eigenvalue weighted by atomic mass is 16.5. The molecule has 6 nitrogen and oxygen atoms in total. The Hall–Kier alpha value is -1.56. The minimum Gasteiger partial charge on any atom is -0.395 e. The maximum atomic E-state index is 12.2. The molecule has 20 heavy (non-hydrogen) atoms. The summed E-state index contributed by atoms with van der Waals surface area (Å²) < 4.78 is 5.66. The van der Waals surface area contributed by atoms with Gasteiger partial charge >= 0.3 is 0 Å². The monoisotopic (exact) mass is 280 g/mol. The molecule has 0 spiro atoms. The predicted octanol–water partition coefficient (Wildman–Crippen LogP) is 1.49. The fourth-order valence-electron chi connectivity index (χ4n) is 2.67. The van der Waals surface area contributed by atoms with Gasteiger partial charge in [-0.15, -0.1) is 0 Å². The zero-order valence-corrected chi connectivity index (χ0v) is 12.6. The van der Waals surface area contributed by atoms with Gasteiger partial charge in [0.1, 0.15) is 0 Å². The summed E-state index contributed by atoms with van der Waals surface area (Å²) in [6, 6.07) is 0.0905. The van der Waals surface area contributed by atoms with Crippen LogP contribution in [-0.2, 0) is 11.2 Å². The molecule has 0 aliphatic heterocycles. The fraction of sp³-hybridized carbons (Fsp3) is 0.714. The number of nitrogens with zero attached hydrogens (tertiary/aromatic N) is 1. The first kappa shape index (κ1) is 14.8. The average Bonchev–Trinajstić information content (AvgIpc) is 2.78. The van der Waals surface area contributed by atoms with Crippen LogP contribution in [0.1, 0.15) is 50.3 Å². The summed E-state index contributed by atoms with van der Waals surface area (Å²) >= 11 is 0. The molecule has 6 heteroatoms. The summed E-state index contributed by atoms with van der Waals surface area (Å²) in [5.41, 5.74) is 7.39. The number of H-pyrrole nitrogens is 1. The highest BCUT2D eigenvalue weighted by Crippen LogP contribution is 2.42. The quantitative estimate of drug-likeness (QED) is 0.761. The van der Waals surface area contributed by atoms with Gasteiger partial charge in [0, 0.05) is 18.1 Å². The third-order valence-electron chi connectivity index (χ3n) is 4.30. The molecule has 1 saturated carbocycles. The van der Waals surface area contributed by atoms with Crippen molar-refractivity contribution >= 4 is 11.6 Å². The first-order valence-electron chi connectivity index (χ1n) is 7.16. The minimum absolute atomic E-state index is 0.0652. The van der Waals surface area contributed by atoms with E-state index in [1.54, 1.807) is 0 Å². The molecule has 0 radical (unpaired) electrons. The molecule has 0 bridgehead atoms. The van der Waals surface area contributed by atoms with Gasteiger partial charge in [-0.25, -0.2) is 0 Å². The molecule has 1 amide bonds. The number of nitrogens with one attached hydrogen (secondary N) is 2. The van der Waals surface area contributed by atoms with E-state index in [0.29, 0.717) is 12.3 Å². The van der Waals surface area contributed by atoms with E-state index in [9.17, 15) is 4.79 Å². The molecule has 0 saturated heterocycles. The molecule has 2 unspecified atom stereocenters. The largest absolute Gasteiger partial charge is 0.395 e. The van der Waals surface area contributed by atoms with Crippen molar-refractivity contribution in [1.82, 2.24) is 15.5 Å². The zero-order chi connectivity index (χ0) is 14.9. The van der Waals surface area contributed by atoms with Crippen LogP contribution in [0.4, 0.5) is 5.69 Å². The molecule has 4 N–H and O–H groups in total. The summed E-state index contributed by atoms with van der Waals surface area (Å²) in [5, 5.41) is 9.82. The van der Waals surface area contributed by atoms with Gasteiger partial charge in [-0.3, -0.25) is 9.89 Å². The second kappa shape index (κ2) is 5.44. The first-order valence-corrected chi connectivity index (χ1v) is 7.16. The van der Waals surface area contributed by atoms with Gasteiger partial charge in [0.2, 0.25) is 0 Å². The average molecular weight is 280 g/mol. The van der Waals surface area contributed by atoms with Gasteiger partial charge < -0.3 is 15.8 Å². The number of carbonyl (C=O) groups excluding carboxylic acids is 1. The number of aromatic nitrogens is 2. The number of aryl methyl sites for hydroxylation is 1. The molecule has 1 aromatic rings. The van der Waals surface area contributed by atoms with E-state index < -0.39 is 0 Å². The third-order valence-corrected chi connectivity index (χ3v) is 4.30. The van der Waals surface area contributed by atoms with E-state index in [1.165, 1.54) is 0 Å². The van der Waals surface area contributed by atoms with Crippen LogP contribution in [-0.4, -0.2) is 34.9 Å². The molecule has 1 heterocycles. The maximum Gasteiger partial charge on any atom is 0.274 e. The molecular formula is C14H24N4O2. The normalized spacial score (nSPS) is 24.2. The highest BCUT2D eigenvalue weighted by molar-refractivity contribution is 5.97. The first-order chi connectivity index (χ1) is 9.41. The Morgan fingerprint density at radius 2 is 2.25 bits per heavy atom. The summed E-state index contributed by atoms with van der Waals surface area (Å²) in [6.45, 7) is 8.85. The fourth-order valence-corrected chi connectivity index (χ4v) is 2.67. The van der Waals surface area contributed by atoms with E-state index in [2.05, 4.69) is 29.4 Å². The number of carbonyl (C=O) groups is 1. The van der Waals surface area contributed by atoms with Crippen molar-refractivity contribution in [3.8, 4) is 0 Å². The van der Waals surface area contributed by atoms with Crippen molar-refractivity contribution in [2.24, 2.45) is 5.41 Å². The SMILES string of the molecule is CCOC1CC(NC(=O)c2n[nH]c(CC)c2N)C1(C)C. The van der Waals surface area contributed by atoms with Gasteiger partial charge in [0.05, 0.1) is 17.5 Å². The van der Waals surface area contributed by atoms with Gasteiger partial charge in [-0.2, -0.15) is 5.10 Å². The van der Waals surface area contributed by atoms with Crippen molar-refractivity contribution in [2.75, 3.05) is 12.3 Å². The standard InChI is InChI=1S/C14H24N4O2/c1-5-8-11(15)12(18-17-8)13(19)16-9-7-10(20-6-2)14(9,3)4/h9-10H,5-7,15H2,1-4H3,(H,16,19)(H,17,18). The Labute approximate surface area is 119 Å². The van der Waals surface area contributed by atoms with E-state index in [0.717, 1.165) is 18.5 Å². The Morgan fingerprint density at radius 1 is 1.55 bits per heavy atom. The molecular weight excluding hydrogens is 256 g/mol. The maximum absolute atomic E-state index is 12.2. The second-order valence-electron chi connectivity index (χ2n) is 5.85. The lowest BCUT2D eigenvalue weighted by Crippen LogP contribution is -2.62. The second-order valence-corrected chi connectivity index (χ2v) is 5.85. The van der Waals surface area contributed by atoms with Crippen LogP contribution in [0.25, 0.3) is 0 Å². The van der Waals surface area contributed by atoms with Crippen LogP contribution in [0.2, 0.25) is 0 Å². The van der Waals surface area contributed by atoms with Crippen molar-refractivity contribution < 1.29 is 9.53 Å². The molecule has 1 fully saturated rings. The summed E-state index contributed by atoms with van der Waals surface area (Å²) in [7, 11) is 0. The Balaban J connectivity index is 2.01. The highest BCUT2D eigenvalue weighted by Gasteiger charge is 2.49. The smallest absolute Gasteiger partial charge is 0.274 e. The van der Waals surface area contributed by atoms with Crippen molar-refractivity contribution in [3.05, 3.63) is 11.4 Å². The number of anilines is 1. The van der Waals surface area contributed by atoms with Gasteiger partial charge in [0.25, 0.3) is 5.91 Å². The van der Waals surface area contributed by atoms with E-state index >= 15 is 0 Å². The van der Waals surface area contributed by atoms with Crippen LogP contribution in [0, 0.1) is 5.41 Å². The summed E-state index contributed by atoms with van der Waals surface area (Å²) in [4.78, 5) is 12.2. The molecule has 2 rings (SSSR count). The van der Waals surface area contributed by atoms with Crippen molar-refractivity contribution in [1.29, 1.82) is 0 Å². The van der Waals surface area contributed by atoms with Gasteiger partial charge in [-0.05, 0) is 19.8 Å². The van der Waals surface area contributed by atoms with Crippen molar-refractivity contribution in [3.63, 3.8) is 0 Å². The molecule has 0 aromatic carbocycles. The number of amides is 1. The Bertz CT molecular complexity index is 495. The number of nitrogens with two attached hydrogens (primary N) is 1. The number of hydrogen-bond donors (Lipinski definition) is 3. The number of hydrogen-bond acceptors (Lipinski definition) is 4. The number of ether oxygens (including phenoxy) is 1. The number of nitrogen functional groups attached to an aromatic ring is 1. The van der Waals surface area contributed by atoms with Gasteiger partial charge in [-0.1, -0.05) is 20.8 Å². The van der Waals surface area contributed by atoms with Crippen LogP contribution in [0.15, 0.2) is 0 Å². The van der Waals surface area contributed by atoms with E-state index in [-0.39, 0.29) is 29.2 Å². The van der Waals surface area contributed by atoms with Crippen molar-refractivity contribution in [2.45, 2.75) is 52.7 Å². The third kappa shape index (κ3) is 2.40. The lowest BCUT2D eigenvalue weighted by molar-refractivity contribution is -0.111. The molecule has 1 aliphatic rings. The summed E-state index contributed by atoms with van der Waals surface area (Å²) in [6.07, 6.45) is 1.76. The van der Waals surface area contributed by atoms with E-state index in [1.807, 2.05) is 13.8 Å². The number of aromatic amines is 1. The van der Waals surface area contributed by atoms with Crippen LogP contribution >= 0.6 is 0 Å². The van der Waals surface area contributed by atoms with Crippen LogP contribution in [0.3, 0.4) is 0 Å². The van der Waals surface area contributed by atoms with Crippen LogP contribution < -0.4 is 11.1 Å². The lowest BCUT2D eigenvalue weighted by atomic mass is 9.64. The summed E-state index contributed by atoms with van der Waals surface area (Å²) in [5.74, 6) is -0.216. The Kier molecular flexibility index (Phi) is 4.04. The molecule has 2 atom stereocenters.